The second kappa shape index (κ2) is 7.55. The number of hydrogen-bond donors (Lipinski definition) is 5. The lowest BCUT2D eigenvalue weighted by atomic mass is 10.1. The molecule has 1 aromatic carbocycles. The molecule has 0 aliphatic carbocycles. The Hall–Kier alpha value is -2.62. The first kappa shape index (κ1) is 19.2. The average molecular weight is 408 g/mol. The SMILES string of the molecule is CC[C@H](CO)Nc1nc(-c2cc(O)cc(Cl)c2)c2c(N)c(C(N)=O)sc2n1. The fourth-order valence-corrected chi connectivity index (χ4v) is 3.82. The van der Waals surface area contributed by atoms with Gasteiger partial charge < -0.3 is 27.0 Å². The molecule has 0 bridgehead atoms. The van der Waals surface area contributed by atoms with E-state index in [0.29, 0.717) is 32.9 Å². The Bertz CT molecular complexity index is 999. The van der Waals surface area contributed by atoms with E-state index in [2.05, 4.69) is 15.3 Å². The van der Waals surface area contributed by atoms with E-state index in [-0.39, 0.29) is 34.9 Å². The summed E-state index contributed by atoms with van der Waals surface area (Å²) < 4.78 is 0. The molecule has 0 radical (unpaired) electrons. The number of hydrogen-bond acceptors (Lipinski definition) is 8. The van der Waals surface area contributed by atoms with E-state index in [1.807, 2.05) is 6.92 Å². The summed E-state index contributed by atoms with van der Waals surface area (Å²) in [5.41, 5.74) is 12.6. The first-order valence-corrected chi connectivity index (χ1v) is 9.30. The van der Waals surface area contributed by atoms with Gasteiger partial charge in [0.2, 0.25) is 5.95 Å². The molecule has 1 amide bonds. The van der Waals surface area contributed by atoms with Gasteiger partial charge in [-0.15, -0.1) is 11.3 Å². The number of aliphatic hydroxyl groups is 1. The summed E-state index contributed by atoms with van der Waals surface area (Å²) in [5, 5.41) is 23.2. The van der Waals surface area contributed by atoms with Crippen molar-refractivity contribution in [2.75, 3.05) is 17.7 Å². The number of carbonyl (C=O) groups excluding carboxylic acids is 1. The maximum absolute atomic E-state index is 11.7. The third kappa shape index (κ3) is 3.75. The molecule has 0 aliphatic rings. The first-order valence-electron chi connectivity index (χ1n) is 8.11. The zero-order valence-corrected chi connectivity index (χ0v) is 15.9. The van der Waals surface area contributed by atoms with E-state index in [4.69, 9.17) is 23.1 Å². The highest BCUT2D eigenvalue weighted by molar-refractivity contribution is 7.21. The molecule has 10 heteroatoms. The lowest BCUT2D eigenvalue weighted by Crippen LogP contribution is -2.24. The van der Waals surface area contributed by atoms with Crippen molar-refractivity contribution >= 4 is 50.7 Å². The van der Waals surface area contributed by atoms with Gasteiger partial charge in [-0.3, -0.25) is 4.79 Å². The maximum atomic E-state index is 11.7. The van der Waals surface area contributed by atoms with Gasteiger partial charge in [0.1, 0.15) is 15.5 Å². The molecule has 0 aliphatic heterocycles. The molecule has 0 fully saturated rings. The minimum atomic E-state index is -0.660. The number of nitrogens with one attached hydrogen (secondary N) is 1. The number of primary amides is 1. The van der Waals surface area contributed by atoms with Crippen molar-refractivity contribution < 1.29 is 15.0 Å². The van der Waals surface area contributed by atoms with Crippen LogP contribution >= 0.6 is 22.9 Å². The van der Waals surface area contributed by atoms with Crippen molar-refractivity contribution in [1.29, 1.82) is 0 Å². The Morgan fingerprint density at radius 3 is 2.70 bits per heavy atom. The zero-order chi connectivity index (χ0) is 19.7. The van der Waals surface area contributed by atoms with E-state index in [1.54, 1.807) is 6.07 Å². The van der Waals surface area contributed by atoms with Crippen LogP contribution < -0.4 is 16.8 Å². The molecule has 0 saturated carbocycles. The smallest absolute Gasteiger partial charge is 0.260 e. The van der Waals surface area contributed by atoms with Gasteiger partial charge in [0.15, 0.2) is 0 Å². The van der Waals surface area contributed by atoms with Crippen LogP contribution in [0.1, 0.15) is 23.0 Å². The molecule has 8 nitrogen and oxygen atoms in total. The summed E-state index contributed by atoms with van der Waals surface area (Å²) >= 11 is 7.12. The van der Waals surface area contributed by atoms with Gasteiger partial charge in [-0.05, 0) is 24.6 Å². The summed E-state index contributed by atoms with van der Waals surface area (Å²) in [5.74, 6) is -0.439. The zero-order valence-electron chi connectivity index (χ0n) is 14.4. The summed E-state index contributed by atoms with van der Waals surface area (Å²) in [7, 11) is 0. The minimum Gasteiger partial charge on any atom is -0.508 e. The molecule has 0 unspecified atom stereocenters. The molecular weight excluding hydrogens is 390 g/mol. The molecule has 3 rings (SSSR count). The van der Waals surface area contributed by atoms with E-state index in [9.17, 15) is 15.0 Å². The van der Waals surface area contributed by atoms with Crippen LogP contribution in [0.25, 0.3) is 21.5 Å². The Labute approximate surface area is 163 Å². The van der Waals surface area contributed by atoms with Gasteiger partial charge in [-0.1, -0.05) is 18.5 Å². The standard InChI is InChI=1S/C17H18ClN5O3S/c1-2-9(6-24)21-17-22-13(7-3-8(18)5-10(25)4-7)11-12(19)14(15(20)26)27-16(11)23-17/h3-5,9,24-25H,2,6,19H2,1H3,(H2,20,26)(H,21,22,23)/t9-/m1/s1. The number of aromatic hydroxyl groups is 1. The quantitative estimate of drug-likeness (QED) is 0.421. The Morgan fingerprint density at radius 2 is 2.11 bits per heavy atom. The highest BCUT2D eigenvalue weighted by Gasteiger charge is 2.22. The van der Waals surface area contributed by atoms with Crippen molar-refractivity contribution in [2.45, 2.75) is 19.4 Å². The summed E-state index contributed by atoms with van der Waals surface area (Å²) in [6, 6.07) is 4.27. The molecule has 27 heavy (non-hydrogen) atoms. The molecule has 7 N–H and O–H groups in total. The lowest BCUT2D eigenvalue weighted by molar-refractivity contribution is 0.100. The molecule has 2 aromatic heterocycles. The topological polar surface area (TPSA) is 147 Å². The van der Waals surface area contributed by atoms with Crippen LogP contribution in [0, 0.1) is 0 Å². The number of amides is 1. The lowest BCUT2D eigenvalue weighted by Gasteiger charge is -2.15. The van der Waals surface area contributed by atoms with Gasteiger partial charge in [0.05, 0.1) is 29.4 Å². The summed E-state index contributed by atoms with van der Waals surface area (Å²) in [6.45, 7) is 1.82. The van der Waals surface area contributed by atoms with E-state index in [1.165, 1.54) is 12.1 Å². The van der Waals surface area contributed by atoms with Crippen molar-refractivity contribution in [3.05, 3.63) is 28.1 Å². The third-order valence-electron chi connectivity index (χ3n) is 4.01. The van der Waals surface area contributed by atoms with Crippen LogP contribution in [0.2, 0.25) is 5.02 Å². The van der Waals surface area contributed by atoms with E-state index in [0.717, 1.165) is 11.3 Å². The van der Waals surface area contributed by atoms with Crippen LogP contribution in [0.15, 0.2) is 18.2 Å². The number of aliphatic hydroxyl groups excluding tert-OH is 1. The number of benzene rings is 1. The molecule has 0 spiro atoms. The fourth-order valence-electron chi connectivity index (χ4n) is 2.65. The second-order valence-corrected chi connectivity index (χ2v) is 7.35. The number of halogens is 1. The van der Waals surface area contributed by atoms with Crippen molar-refractivity contribution in [1.82, 2.24) is 9.97 Å². The van der Waals surface area contributed by atoms with Crippen LogP contribution in [-0.4, -0.2) is 38.7 Å². The molecular formula is C17H18ClN5O3S. The molecule has 1 atom stereocenters. The number of carbonyl (C=O) groups is 1. The largest absolute Gasteiger partial charge is 0.508 e. The van der Waals surface area contributed by atoms with Gasteiger partial charge >= 0.3 is 0 Å². The number of aromatic nitrogens is 2. The molecule has 0 saturated heterocycles. The Kier molecular flexibility index (Phi) is 5.36. The van der Waals surface area contributed by atoms with Gasteiger partial charge in [0, 0.05) is 10.6 Å². The predicted octanol–water partition coefficient (Wildman–Crippen LogP) is 2.58. The molecule has 2 heterocycles. The first-order chi connectivity index (χ1) is 12.8. The number of fused-ring (bicyclic) bond motifs is 1. The third-order valence-corrected chi connectivity index (χ3v) is 5.35. The number of nitrogen functional groups attached to an aromatic ring is 1. The number of thiophene rings is 1. The number of nitrogens with zero attached hydrogens (tertiary/aromatic N) is 2. The number of anilines is 2. The normalized spacial score (nSPS) is 12.3. The van der Waals surface area contributed by atoms with Gasteiger partial charge in [0.25, 0.3) is 5.91 Å². The Morgan fingerprint density at radius 1 is 1.37 bits per heavy atom. The van der Waals surface area contributed by atoms with Crippen molar-refractivity contribution in [3.63, 3.8) is 0 Å². The van der Waals surface area contributed by atoms with Crippen molar-refractivity contribution in [2.24, 2.45) is 5.73 Å². The predicted molar refractivity (Wildman–Crippen MR) is 107 cm³/mol. The van der Waals surface area contributed by atoms with Gasteiger partial charge in [-0.25, -0.2) is 9.97 Å². The average Bonchev–Trinajstić information content (AvgIpc) is 2.95. The number of nitrogens with two attached hydrogens (primary N) is 2. The van der Waals surface area contributed by atoms with Crippen LogP contribution in [-0.2, 0) is 0 Å². The van der Waals surface area contributed by atoms with E-state index < -0.39 is 5.91 Å². The van der Waals surface area contributed by atoms with Gasteiger partial charge in [-0.2, -0.15) is 0 Å². The highest BCUT2D eigenvalue weighted by atomic mass is 35.5. The highest BCUT2D eigenvalue weighted by Crippen LogP contribution is 2.40. The maximum Gasteiger partial charge on any atom is 0.260 e. The van der Waals surface area contributed by atoms with Crippen molar-refractivity contribution in [3.8, 4) is 17.0 Å². The number of phenols is 1. The summed E-state index contributed by atoms with van der Waals surface area (Å²) in [4.78, 5) is 21.2. The minimum absolute atomic E-state index is 0.0375. The summed E-state index contributed by atoms with van der Waals surface area (Å²) in [6.07, 6.45) is 0.657. The van der Waals surface area contributed by atoms with Crippen LogP contribution in [0.3, 0.4) is 0 Å². The molecule has 3 aromatic rings. The second-order valence-electron chi connectivity index (χ2n) is 5.92. The Balaban J connectivity index is 2.28. The number of phenolic OH excluding ortho intramolecular Hbond substituents is 1. The molecule has 142 valence electrons. The van der Waals surface area contributed by atoms with Crippen LogP contribution in [0.4, 0.5) is 11.6 Å². The monoisotopic (exact) mass is 407 g/mol. The van der Waals surface area contributed by atoms with E-state index >= 15 is 0 Å². The van der Waals surface area contributed by atoms with Crippen LogP contribution in [0.5, 0.6) is 5.75 Å². The fraction of sp³-hybridized carbons (Fsp3) is 0.235. The number of rotatable bonds is 6.